The van der Waals surface area contributed by atoms with E-state index in [1.54, 1.807) is 0 Å². The Labute approximate surface area is 104 Å². The summed E-state index contributed by atoms with van der Waals surface area (Å²) >= 11 is 0. The first kappa shape index (κ1) is 13.8. The van der Waals surface area contributed by atoms with Crippen molar-refractivity contribution in [2.24, 2.45) is 11.8 Å². The third-order valence-electron chi connectivity index (χ3n) is 3.58. The molecule has 0 aromatic rings. The molecule has 4 heteroatoms. The van der Waals surface area contributed by atoms with E-state index in [0.717, 1.165) is 31.8 Å². The first-order chi connectivity index (χ1) is 7.31. The molecule has 1 saturated heterocycles. The molecule has 94 valence electrons. The van der Waals surface area contributed by atoms with Crippen molar-refractivity contribution in [3.05, 3.63) is 0 Å². The number of carbonyl (C=O) groups excluding carboxylic acids is 1. The van der Waals surface area contributed by atoms with E-state index in [2.05, 4.69) is 17.6 Å². The van der Waals surface area contributed by atoms with Crippen LogP contribution in [0.3, 0.4) is 0 Å². The average molecular weight is 247 g/mol. The van der Waals surface area contributed by atoms with Crippen LogP contribution in [-0.2, 0) is 4.79 Å². The molecule has 3 unspecified atom stereocenters. The van der Waals surface area contributed by atoms with Gasteiger partial charge in [0.25, 0.3) is 0 Å². The first-order valence-electron chi connectivity index (χ1n) is 6.32. The Morgan fingerprint density at radius 2 is 2.31 bits per heavy atom. The van der Waals surface area contributed by atoms with Crippen molar-refractivity contribution in [3.63, 3.8) is 0 Å². The van der Waals surface area contributed by atoms with Crippen LogP contribution in [0.4, 0.5) is 0 Å². The standard InChI is InChI=1S/C12H22N2O.ClH/c1-2-4-9-7-11(9)14-12(15)10-5-3-6-13-8-10;/h9-11,13H,2-8H2,1H3,(H,14,15);1H. The van der Waals surface area contributed by atoms with Gasteiger partial charge in [0.05, 0.1) is 5.92 Å². The summed E-state index contributed by atoms with van der Waals surface area (Å²) in [6.07, 6.45) is 5.92. The maximum atomic E-state index is 11.8. The minimum Gasteiger partial charge on any atom is -0.353 e. The molecule has 2 N–H and O–H groups in total. The van der Waals surface area contributed by atoms with E-state index in [4.69, 9.17) is 0 Å². The molecule has 2 rings (SSSR count). The number of rotatable bonds is 4. The van der Waals surface area contributed by atoms with E-state index in [9.17, 15) is 4.79 Å². The second-order valence-corrected chi connectivity index (χ2v) is 4.94. The summed E-state index contributed by atoms with van der Waals surface area (Å²) < 4.78 is 0. The van der Waals surface area contributed by atoms with Gasteiger partial charge in [0.2, 0.25) is 5.91 Å². The molecule has 0 aromatic heterocycles. The van der Waals surface area contributed by atoms with Crippen molar-refractivity contribution in [2.45, 2.75) is 45.1 Å². The summed E-state index contributed by atoms with van der Waals surface area (Å²) in [5, 5.41) is 6.46. The average Bonchev–Trinajstić information content (AvgIpc) is 2.98. The number of nitrogens with one attached hydrogen (secondary N) is 2. The molecular formula is C12H23ClN2O. The van der Waals surface area contributed by atoms with Crippen LogP contribution < -0.4 is 10.6 Å². The molecule has 3 nitrogen and oxygen atoms in total. The highest BCUT2D eigenvalue weighted by Crippen LogP contribution is 2.34. The van der Waals surface area contributed by atoms with Crippen LogP contribution in [0.1, 0.15) is 39.0 Å². The molecule has 1 saturated carbocycles. The highest BCUT2D eigenvalue weighted by molar-refractivity contribution is 5.85. The Kier molecular flexibility index (Phi) is 5.56. The third kappa shape index (κ3) is 3.63. The number of hydrogen-bond acceptors (Lipinski definition) is 2. The molecule has 3 atom stereocenters. The van der Waals surface area contributed by atoms with Crippen molar-refractivity contribution in [3.8, 4) is 0 Å². The van der Waals surface area contributed by atoms with Crippen molar-refractivity contribution in [1.82, 2.24) is 10.6 Å². The van der Waals surface area contributed by atoms with Crippen LogP contribution >= 0.6 is 12.4 Å². The molecular weight excluding hydrogens is 224 g/mol. The second-order valence-electron chi connectivity index (χ2n) is 4.94. The van der Waals surface area contributed by atoms with Crippen molar-refractivity contribution >= 4 is 18.3 Å². The van der Waals surface area contributed by atoms with Crippen molar-refractivity contribution < 1.29 is 4.79 Å². The molecule has 1 aliphatic heterocycles. The Morgan fingerprint density at radius 3 is 2.94 bits per heavy atom. The second kappa shape index (κ2) is 6.45. The Morgan fingerprint density at radius 1 is 1.50 bits per heavy atom. The van der Waals surface area contributed by atoms with Crippen LogP contribution in [0.25, 0.3) is 0 Å². The van der Waals surface area contributed by atoms with Crippen LogP contribution in [0.2, 0.25) is 0 Å². The van der Waals surface area contributed by atoms with Gasteiger partial charge < -0.3 is 10.6 Å². The van der Waals surface area contributed by atoms with Crippen LogP contribution in [0.5, 0.6) is 0 Å². The molecule has 0 radical (unpaired) electrons. The van der Waals surface area contributed by atoms with E-state index in [-0.39, 0.29) is 24.2 Å². The van der Waals surface area contributed by atoms with E-state index >= 15 is 0 Å². The first-order valence-corrected chi connectivity index (χ1v) is 6.32. The number of hydrogen-bond donors (Lipinski definition) is 2. The van der Waals surface area contributed by atoms with Gasteiger partial charge in [-0.05, 0) is 38.1 Å². The van der Waals surface area contributed by atoms with Gasteiger partial charge in [-0.25, -0.2) is 0 Å². The summed E-state index contributed by atoms with van der Waals surface area (Å²) in [6.45, 7) is 4.16. The van der Waals surface area contributed by atoms with Crippen molar-refractivity contribution in [2.75, 3.05) is 13.1 Å². The molecule has 2 fully saturated rings. The zero-order chi connectivity index (χ0) is 10.7. The summed E-state index contributed by atoms with van der Waals surface area (Å²) in [7, 11) is 0. The minimum atomic E-state index is 0. The quantitative estimate of drug-likeness (QED) is 0.793. The fraction of sp³-hybridized carbons (Fsp3) is 0.917. The van der Waals surface area contributed by atoms with Gasteiger partial charge in [0.1, 0.15) is 0 Å². The molecule has 0 bridgehead atoms. The molecule has 1 aliphatic carbocycles. The number of piperidine rings is 1. The Hall–Kier alpha value is -0.280. The zero-order valence-electron chi connectivity index (χ0n) is 10.00. The molecule has 1 heterocycles. The van der Waals surface area contributed by atoms with Gasteiger partial charge in [-0.1, -0.05) is 13.3 Å². The predicted molar refractivity (Wildman–Crippen MR) is 67.8 cm³/mol. The summed E-state index contributed by atoms with van der Waals surface area (Å²) in [5.74, 6) is 1.28. The zero-order valence-corrected chi connectivity index (χ0v) is 10.8. The Bertz CT molecular complexity index is 229. The molecule has 0 aromatic carbocycles. The topological polar surface area (TPSA) is 41.1 Å². The predicted octanol–water partition coefficient (Wildman–Crippen LogP) is 1.71. The molecule has 16 heavy (non-hydrogen) atoms. The molecule has 2 aliphatic rings. The third-order valence-corrected chi connectivity index (χ3v) is 3.58. The number of amides is 1. The Balaban J connectivity index is 0.00000128. The summed E-state index contributed by atoms with van der Waals surface area (Å²) in [4.78, 5) is 11.8. The molecule has 0 spiro atoms. The maximum absolute atomic E-state index is 11.8. The molecule has 1 amide bonds. The van der Waals surface area contributed by atoms with Crippen LogP contribution in [0.15, 0.2) is 0 Å². The van der Waals surface area contributed by atoms with Crippen LogP contribution in [-0.4, -0.2) is 25.0 Å². The van der Waals surface area contributed by atoms with Gasteiger partial charge >= 0.3 is 0 Å². The van der Waals surface area contributed by atoms with Gasteiger partial charge in [0.15, 0.2) is 0 Å². The van der Waals surface area contributed by atoms with Gasteiger partial charge in [-0.2, -0.15) is 0 Å². The number of halogens is 1. The van der Waals surface area contributed by atoms with E-state index < -0.39 is 0 Å². The highest BCUT2D eigenvalue weighted by atomic mass is 35.5. The summed E-state index contributed by atoms with van der Waals surface area (Å²) in [6, 6.07) is 0.499. The lowest BCUT2D eigenvalue weighted by molar-refractivity contribution is -0.125. The summed E-state index contributed by atoms with van der Waals surface area (Å²) in [5.41, 5.74) is 0. The normalized spacial score (nSPS) is 32.7. The van der Waals surface area contributed by atoms with Crippen LogP contribution in [0, 0.1) is 11.8 Å². The van der Waals surface area contributed by atoms with E-state index in [1.165, 1.54) is 19.3 Å². The van der Waals surface area contributed by atoms with E-state index in [0.29, 0.717) is 6.04 Å². The smallest absolute Gasteiger partial charge is 0.224 e. The fourth-order valence-corrected chi connectivity index (χ4v) is 2.49. The number of carbonyl (C=O) groups is 1. The highest BCUT2D eigenvalue weighted by Gasteiger charge is 2.38. The maximum Gasteiger partial charge on any atom is 0.224 e. The SMILES string of the molecule is CCCC1CC1NC(=O)C1CCCNC1.Cl. The van der Waals surface area contributed by atoms with Gasteiger partial charge in [-0.3, -0.25) is 4.79 Å². The lowest BCUT2D eigenvalue weighted by Crippen LogP contribution is -2.41. The minimum absolute atomic E-state index is 0. The monoisotopic (exact) mass is 246 g/mol. The van der Waals surface area contributed by atoms with E-state index in [1.807, 2.05) is 0 Å². The van der Waals surface area contributed by atoms with Gasteiger partial charge in [-0.15, -0.1) is 12.4 Å². The largest absolute Gasteiger partial charge is 0.353 e. The lowest BCUT2D eigenvalue weighted by Gasteiger charge is -2.21. The van der Waals surface area contributed by atoms with Crippen molar-refractivity contribution in [1.29, 1.82) is 0 Å². The van der Waals surface area contributed by atoms with Gasteiger partial charge in [0, 0.05) is 12.6 Å². The lowest BCUT2D eigenvalue weighted by atomic mass is 9.99. The fourth-order valence-electron chi connectivity index (χ4n) is 2.49.